The zero-order chi connectivity index (χ0) is 8.27. The van der Waals surface area contributed by atoms with E-state index in [4.69, 9.17) is 15.9 Å². The molecule has 0 unspecified atom stereocenters. The Labute approximate surface area is 63.7 Å². The zero-order valence-electron chi connectivity index (χ0n) is 6.03. The number of nitrogens with zero attached hydrogens (tertiary/aromatic N) is 2. The molecule has 0 fully saturated rings. The maximum absolute atomic E-state index is 7.04. The van der Waals surface area contributed by atoms with Crippen LogP contribution in [0.2, 0.25) is 0 Å². The highest BCUT2D eigenvalue weighted by atomic mass is 16.5. The predicted molar refractivity (Wildman–Crippen MR) is 39.6 cm³/mol. The molecular weight excluding hydrogens is 144 g/mol. The summed E-state index contributed by atoms with van der Waals surface area (Å²) in [5.74, 6) is -0.0919. The lowest BCUT2D eigenvalue weighted by atomic mass is 10.4. The molecule has 0 spiro atoms. The molecule has 0 atom stereocenters. The van der Waals surface area contributed by atoms with Gasteiger partial charge in [0.15, 0.2) is 0 Å². The maximum atomic E-state index is 7.04. The number of hydrogen-bond donors (Lipinski definition) is 2. The molecule has 0 radical (unpaired) electrons. The van der Waals surface area contributed by atoms with Crippen LogP contribution < -0.4 is 10.5 Å². The van der Waals surface area contributed by atoms with E-state index in [1.165, 1.54) is 13.3 Å². The van der Waals surface area contributed by atoms with Gasteiger partial charge in [0.05, 0.1) is 7.11 Å². The van der Waals surface area contributed by atoms with Crippen LogP contribution in [0.3, 0.4) is 0 Å². The summed E-state index contributed by atoms with van der Waals surface area (Å²) in [5.41, 5.74) is 5.55. The second-order valence-corrected chi connectivity index (χ2v) is 1.84. The number of nitrogen functional groups attached to an aromatic ring is 1. The smallest absolute Gasteiger partial charge is 0.316 e. The summed E-state index contributed by atoms with van der Waals surface area (Å²) >= 11 is 0. The van der Waals surface area contributed by atoms with Gasteiger partial charge in [-0.3, -0.25) is 5.41 Å². The Hall–Kier alpha value is -1.65. The van der Waals surface area contributed by atoms with Gasteiger partial charge in [-0.1, -0.05) is 0 Å². The van der Waals surface area contributed by atoms with Gasteiger partial charge in [-0.2, -0.15) is 4.98 Å². The quantitative estimate of drug-likeness (QED) is 0.452. The molecule has 1 rings (SSSR count). The molecule has 0 saturated carbocycles. The second kappa shape index (κ2) is 2.96. The van der Waals surface area contributed by atoms with Crippen LogP contribution in [0.15, 0.2) is 12.3 Å². The summed E-state index contributed by atoms with van der Waals surface area (Å²) in [6.07, 6.45) is 1.49. The van der Waals surface area contributed by atoms with Gasteiger partial charge >= 0.3 is 6.01 Å². The molecule has 0 aliphatic rings. The van der Waals surface area contributed by atoms with Crippen molar-refractivity contribution in [2.45, 2.75) is 0 Å². The van der Waals surface area contributed by atoms with Crippen molar-refractivity contribution in [3.63, 3.8) is 0 Å². The molecule has 11 heavy (non-hydrogen) atoms. The fraction of sp³-hybridized carbons (Fsp3) is 0.167. The molecule has 1 aromatic heterocycles. The largest absolute Gasteiger partial charge is 0.467 e. The van der Waals surface area contributed by atoms with Gasteiger partial charge < -0.3 is 10.5 Å². The van der Waals surface area contributed by atoms with Gasteiger partial charge in [-0.25, -0.2) is 4.98 Å². The second-order valence-electron chi connectivity index (χ2n) is 1.84. The first-order chi connectivity index (χ1) is 5.24. The molecule has 1 heterocycles. The lowest BCUT2D eigenvalue weighted by Gasteiger charge is -1.98. The van der Waals surface area contributed by atoms with Crippen LogP contribution in [0, 0.1) is 5.41 Å². The molecule has 0 bridgehead atoms. The van der Waals surface area contributed by atoms with Crippen LogP contribution in [-0.2, 0) is 0 Å². The van der Waals surface area contributed by atoms with Gasteiger partial charge in [-0.15, -0.1) is 0 Å². The number of rotatable bonds is 2. The van der Waals surface area contributed by atoms with E-state index in [2.05, 4.69) is 9.97 Å². The van der Waals surface area contributed by atoms with E-state index >= 15 is 0 Å². The summed E-state index contributed by atoms with van der Waals surface area (Å²) in [4.78, 5) is 7.56. The number of amidine groups is 1. The van der Waals surface area contributed by atoms with Crippen LogP contribution in [0.1, 0.15) is 5.69 Å². The van der Waals surface area contributed by atoms with Gasteiger partial charge in [0.1, 0.15) is 11.5 Å². The van der Waals surface area contributed by atoms with Gasteiger partial charge in [0.2, 0.25) is 0 Å². The normalized spacial score (nSPS) is 9.18. The Bertz CT molecular complexity index is 273. The Balaban J connectivity index is 3.01. The summed E-state index contributed by atoms with van der Waals surface area (Å²) < 4.78 is 4.73. The molecule has 1 aromatic rings. The zero-order valence-corrected chi connectivity index (χ0v) is 6.03. The molecule has 0 aromatic carbocycles. The molecule has 0 aliphatic carbocycles. The summed E-state index contributed by atoms with van der Waals surface area (Å²) in [6, 6.07) is 1.77. The lowest BCUT2D eigenvalue weighted by molar-refractivity contribution is 0.379. The topological polar surface area (TPSA) is 84.9 Å². The molecular formula is C6H8N4O. The van der Waals surface area contributed by atoms with Crippen molar-refractivity contribution >= 4 is 5.84 Å². The van der Waals surface area contributed by atoms with Gasteiger partial charge in [0, 0.05) is 6.20 Å². The first-order valence-electron chi connectivity index (χ1n) is 2.95. The number of nitrogens with one attached hydrogen (secondary N) is 1. The van der Waals surface area contributed by atoms with E-state index in [-0.39, 0.29) is 11.8 Å². The standard InChI is InChI=1S/C6H8N4O/c1-11-6-9-3-2-4(10-6)5(7)8/h2-3H,1H3,(H3,7,8). The molecule has 5 nitrogen and oxygen atoms in total. The summed E-state index contributed by atoms with van der Waals surface area (Å²) in [7, 11) is 1.46. The predicted octanol–water partition coefficient (Wildman–Crippen LogP) is -0.231. The Kier molecular flexibility index (Phi) is 2.00. The summed E-state index contributed by atoms with van der Waals surface area (Å²) in [6.45, 7) is 0. The number of nitrogens with two attached hydrogens (primary N) is 1. The average molecular weight is 152 g/mol. The minimum Gasteiger partial charge on any atom is -0.467 e. The third-order valence-electron chi connectivity index (χ3n) is 1.09. The van der Waals surface area contributed by atoms with E-state index in [9.17, 15) is 0 Å². The van der Waals surface area contributed by atoms with E-state index in [0.29, 0.717) is 5.69 Å². The van der Waals surface area contributed by atoms with Crippen molar-refractivity contribution in [1.29, 1.82) is 5.41 Å². The van der Waals surface area contributed by atoms with Gasteiger partial charge in [-0.05, 0) is 6.07 Å². The SMILES string of the molecule is COc1nccc(C(=N)N)n1. The third kappa shape index (κ3) is 1.64. The van der Waals surface area contributed by atoms with E-state index in [1.807, 2.05) is 0 Å². The first-order valence-corrected chi connectivity index (χ1v) is 2.95. The summed E-state index contributed by atoms with van der Waals surface area (Å²) in [5, 5.41) is 7.04. The Morgan fingerprint density at radius 3 is 3.00 bits per heavy atom. The Morgan fingerprint density at radius 1 is 1.73 bits per heavy atom. The van der Waals surface area contributed by atoms with Crippen molar-refractivity contribution in [1.82, 2.24) is 9.97 Å². The maximum Gasteiger partial charge on any atom is 0.316 e. The van der Waals surface area contributed by atoms with Crippen LogP contribution in [-0.4, -0.2) is 22.9 Å². The van der Waals surface area contributed by atoms with Crippen LogP contribution in [0.5, 0.6) is 6.01 Å². The van der Waals surface area contributed by atoms with E-state index in [0.717, 1.165) is 0 Å². The van der Waals surface area contributed by atoms with Crippen LogP contribution in [0.4, 0.5) is 0 Å². The number of ether oxygens (including phenoxy) is 1. The fourth-order valence-electron chi connectivity index (χ4n) is 0.589. The van der Waals surface area contributed by atoms with E-state index < -0.39 is 0 Å². The number of aromatic nitrogens is 2. The Morgan fingerprint density at radius 2 is 2.45 bits per heavy atom. The minimum atomic E-state index is -0.0919. The van der Waals surface area contributed by atoms with Crippen molar-refractivity contribution in [3.8, 4) is 6.01 Å². The van der Waals surface area contributed by atoms with Gasteiger partial charge in [0.25, 0.3) is 0 Å². The highest BCUT2D eigenvalue weighted by Gasteiger charge is 1.99. The molecule has 5 heteroatoms. The molecule has 0 aliphatic heterocycles. The number of hydrogen-bond acceptors (Lipinski definition) is 4. The minimum absolute atomic E-state index is 0.0919. The van der Waals surface area contributed by atoms with E-state index in [1.54, 1.807) is 6.07 Å². The monoisotopic (exact) mass is 152 g/mol. The van der Waals surface area contributed by atoms with Crippen LogP contribution in [0.25, 0.3) is 0 Å². The fourth-order valence-corrected chi connectivity index (χ4v) is 0.589. The lowest BCUT2D eigenvalue weighted by Crippen LogP contribution is -2.13. The van der Waals surface area contributed by atoms with Crippen molar-refractivity contribution in [3.05, 3.63) is 18.0 Å². The van der Waals surface area contributed by atoms with Crippen molar-refractivity contribution < 1.29 is 4.74 Å². The molecule has 58 valence electrons. The molecule has 0 saturated heterocycles. The van der Waals surface area contributed by atoms with Crippen molar-refractivity contribution in [2.75, 3.05) is 7.11 Å². The number of methoxy groups -OCH3 is 1. The highest BCUT2D eigenvalue weighted by Crippen LogP contribution is 2.00. The average Bonchev–Trinajstić information content (AvgIpc) is 2.05. The molecule has 0 amide bonds. The molecule has 3 N–H and O–H groups in total. The van der Waals surface area contributed by atoms with Crippen LogP contribution >= 0.6 is 0 Å². The van der Waals surface area contributed by atoms with Crippen molar-refractivity contribution in [2.24, 2.45) is 5.73 Å². The highest BCUT2D eigenvalue weighted by molar-refractivity contribution is 5.92. The first kappa shape index (κ1) is 7.46. The third-order valence-corrected chi connectivity index (χ3v) is 1.09.